The number of nitrogens with two attached hydrogens (primary N) is 1. The van der Waals surface area contributed by atoms with Gasteiger partial charge in [-0.15, -0.1) is 0 Å². The molecule has 0 atom stereocenters. The molecule has 3 rings (SSSR count). The van der Waals surface area contributed by atoms with E-state index in [0.29, 0.717) is 5.82 Å². The van der Waals surface area contributed by atoms with Crippen LogP contribution < -0.4 is 5.73 Å². The number of hydrogen-bond acceptors (Lipinski definition) is 2. The van der Waals surface area contributed by atoms with Crippen molar-refractivity contribution in [2.45, 2.75) is 13.8 Å². The Bertz CT molecular complexity index is 739. The van der Waals surface area contributed by atoms with Crippen LogP contribution >= 0.6 is 0 Å². The molecule has 0 aliphatic heterocycles. The zero-order valence-electron chi connectivity index (χ0n) is 11.7. The number of benzene rings is 2. The highest BCUT2D eigenvalue weighted by Crippen LogP contribution is 2.29. The lowest BCUT2D eigenvalue weighted by molar-refractivity contribution is 0.891. The van der Waals surface area contributed by atoms with Crippen molar-refractivity contribution in [3.63, 3.8) is 0 Å². The highest BCUT2D eigenvalue weighted by Gasteiger charge is 2.12. The molecule has 0 saturated heterocycles. The van der Waals surface area contributed by atoms with Crippen LogP contribution in [0.1, 0.15) is 11.1 Å². The number of anilines is 1. The van der Waals surface area contributed by atoms with Crippen molar-refractivity contribution in [2.24, 2.45) is 0 Å². The molecule has 0 aliphatic rings. The third-order valence-electron chi connectivity index (χ3n) is 3.52. The molecule has 1 heterocycles. The lowest BCUT2D eigenvalue weighted by Gasteiger charge is -2.07. The van der Waals surface area contributed by atoms with E-state index >= 15 is 0 Å². The molecule has 2 aromatic carbocycles. The van der Waals surface area contributed by atoms with E-state index in [1.165, 1.54) is 11.1 Å². The summed E-state index contributed by atoms with van der Waals surface area (Å²) in [6.45, 7) is 4.15. The summed E-state index contributed by atoms with van der Waals surface area (Å²) in [5, 5.41) is 4.42. The Hall–Kier alpha value is -2.55. The van der Waals surface area contributed by atoms with E-state index in [-0.39, 0.29) is 0 Å². The monoisotopic (exact) mass is 263 g/mol. The molecule has 0 unspecified atom stereocenters. The molecule has 0 amide bonds. The van der Waals surface area contributed by atoms with Crippen molar-refractivity contribution in [3.8, 4) is 16.8 Å². The second-order valence-corrected chi connectivity index (χ2v) is 5.01. The number of hydrogen-bond donors (Lipinski definition) is 1. The lowest BCUT2D eigenvalue weighted by atomic mass is 10.0. The predicted octanol–water partition coefficient (Wildman–Crippen LogP) is 3.74. The molecule has 3 heteroatoms. The SMILES string of the molecule is Cc1ccc(-n2ncc(-c3ccccc3C)c2N)cc1. The summed E-state index contributed by atoms with van der Waals surface area (Å²) in [6.07, 6.45) is 1.83. The molecule has 0 aliphatic carbocycles. The largest absolute Gasteiger partial charge is 0.383 e. The van der Waals surface area contributed by atoms with E-state index < -0.39 is 0 Å². The molecular weight excluding hydrogens is 246 g/mol. The van der Waals surface area contributed by atoms with E-state index in [9.17, 15) is 0 Å². The number of rotatable bonds is 2. The molecule has 2 N–H and O–H groups in total. The van der Waals surface area contributed by atoms with Crippen LogP contribution in [0.25, 0.3) is 16.8 Å². The maximum Gasteiger partial charge on any atom is 0.135 e. The topological polar surface area (TPSA) is 43.8 Å². The Morgan fingerprint density at radius 1 is 0.900 bits per heavy atom. The Labute approximate surface area is 118 Å². The normalized spacial score (nSPS) is 10.7. The summed E-state index contributed by atoms with van der Waals surface area (Å²) in [5.41, 5.74) is 11.8. The van der Waals surface area contributed by atoms with Crippen molar-refractivity contribution in [1.82, 2.24) is 9.78 Å². The van der Waals surface area contributed by atoms with Crippen LogP contribution in [-0.4, -0.2) is 9.78 Å². The number of nitrogen functional groups attached to an aromatic ring is 1. The van der Waals surface area contributed by atoms with E-state index in [0.717, 1.165) is 16.8 Å². The summed E-state index contributed by atoms with van der Waals surface area (Å²) >= 11 is 0. The highest BCUT2D eigenvalue weighted by molar-refractivity contribution is 5.76. The summed E-state index contributed by atoms with van der Waals surface area (Å²) in [5.74, 6) is 0.670. The van der Waals surface area contributed by atoms with Gasteiger partial charge in [-0.25, -0.2) is 4.68 Å². The van der Waals surface area contributed by atoms with Gasteiger partial charge in [0.2, 0.25) is 0 Å². The minimum absolute atomic E-state index is 0.670. The quantitative estimate of drug-likeness (QED) is 0.765. The Balaban J connectivity index is 2.09. The molecule has 0 fully saturated rings. The van der Waals surface area contributed by atoms with Crippen LogP contribution in [0.2, 0.25) is 0 Å². The minimum Gasteiger partial charge on any atom is -0.383 e. The molecule has 0 spiro atoms. The van der Waals surface area contributed by atoms with Gasteiger partial charge >= 0.3 is 0 Å². The standard InChI is InChI=1S/C17H17N3/c1-12-7-9-14(10-8-12)20-17(18)16(11-19-20)15-6-4-3-5-13(15)2/h3-11H,18H2,1-2H3. The fourth-order valence-corrected chi connectivity index (χ4v) is 2.33. The molecule has 100 valence electrons. The lowest BCUT2D eigenvalue weighted by Crippen LogP contribution is -2.02. The molecule has 0 bridgehead atoms. The van der Waals surface area contributed by atoms with E-state index in [2.05, 4.69) is 43.2 Å². The van der Waals surface area contributed by atoms with Gasteiger partial charge in [0.15, 0.2) is 0 Å². The average Bonchev–Trinajstić information content (AvgIpc) is 2.82. The van der Waals surface area contributed by atoms with Crippen LogP contribution in [-0.2, 0) is 0 Å². The van der Waals surface area contributed by atoms with Crippen LogP contribution in [0, 0.1) is 13.8 Å². The van der Waals surface area contributed by atoms with E-state index in [4.69, 9.17) is 5.73 Å². The first-order valence-corrected chi connectivity index (χ1v) is 6.63. The van der Waals surface area contributed by atoms with Gasteiger partial charge in [-0.3, -0.25) is 0 Å². The van der Waals surface area contributed by atoms with Gasteiger partial charge in [-0.05, 0) is 37.1 Å². The zero-order valence-corrected chi connectivity index (χ0v) is 11.7. The molecule has 0 radical (unpaired) electrons. The predicted molar refractivity (Wildman–Crippen MR) is 82.9 cm³/mol. The maximum atomic E-state index is 6.27. The van der Waals surface area contributed by atoms with Gasteiger partial charge in [0.25, 0.3) is 0 Å². The third-order valence-corrected chi connectivity index (χ3v) is 3.52. The summed E-state index contributed by atoms with van der Waals surface area (Å²) in [7, 11) is 0. The number of aryl methyl sites for hydroxylation is 2. The van der Waals surface area contributed by atoms with Crippen LogP contribution in [0.3, 0.4) is 0 Å². The molecule has 1 aromatic heterocycles. The smallest absolute Gasteiger partial charge is 0.135 e. The van der Waals surface area contributed by atoms with Crippen LogP contribution in [0.15, 0.2) is 54.7 Å². The Morgan fingerprint density at radius 2 is 1.60 bits per heavy atom. The molecule has 3 aromatic rings. The molecule has 0 saturated carbocycles. The second-order valence-electron chi connectivity index (χ2n) is 5.01. The van der Waals surface area contributed by atoms with Gasteiger partial charge < -0.3 is 5.73 Å². The van der Waals surface area contributed by atoms with Gasteiger partial charge in [0.05, 0.1) is 11.9 Å². The summed E-state index contributed by atoms with van der Waals surface area (Å²) < 4.78 is 1.78. The Kier molecular flexibility index (Phi) is 3.03. The molecule has 20 heavy (non-hydrogen) atoms. The van der Waals surface area contributed by atoms with Crippen molar-refractivity contribution in [1.29, 1.82) is 0 Å². The first kappa shape index (κ1) is 12.5. The van der Waals surface area contributed by atoms with E-state index in [1.807, 2.05) is 30.5 Å². The summed E-state index contributed by atoms with van der Waals surface area (Å²) in [4.78, 5) is 0. The van der Waals surface area contributed by atoms with Gasteiger partial charge in [-0.1, -0.05) is 42.0 Å². The van der Waals surface area contributed by atoms with Crippen molar-refractivity contribution in [2.75, 3.05) is 5.73 Å². The first-order chi connectivity index (χ1) is 9.66. The van der Waals surface area contributed by atoms with Crippen molar-refractivity contribution < 1.29 is 0 Å². The van der Waals surface area contributed by atoms with E-state index in [1.54, 1.807) is 4.68 Å². The van der Waals surface area contributed by atoms with Crippen LogP contribution in [0.4, 0.5) is 5.82 Å². The van der Waals surface area contributed by atoms with Gasteiger partial charge in [0, 0.05) is 5.56 Å². The second kappa shape index (κ2) is 4.85. The zero-order chi connectivity index (χ0) is 14.1. The molecular formula is C17H17N3. The highest BCUT2D eigenvalue weighted by atomic mass is 15.3. The average molecular weight is 263 g/mol. The minimum atomic E-state index is 0.670. The fourth-order valence-electron chi connectivity index (χ4n) is 2.33. The maximum absolute atomic E-state index is 6.27. The first-order valence-electron chi connectivity index (χ1n) is 6.63. The van der Waals surface area contributed by atoms with Crippen molar-refractivity contribution in [3.05, 3.63) is 65.9 Å². The van der Waals surface area contributed by atoms with Crippen molar-refractivity contribution >= 4 is 5.82 Å². The number of aromatic nitrogens is 2. The third kappa shape index (κ3) is 2.07. The summed E-state index contributed by atoms with van der Waals surface area (Å²) in [6, 6.07) is 16.4. The van der Waals surface area contributed by atoms with Gasteiger partial charge in [0.1, 0.15) is 5.82 Å². The number of nitrogens with zero attached hydrogens (tertiary/aromatic N) is 2. The fraction of sp³-hybridized carbons (Fsp3) is 0.118. The Morgan fingerprint density at radius 3 is 2.30 bits per heavy atom. The molecule has 3 nitrogen and oxygen atoms in total. The van der Waals surface area contributed by atoms with Gasteiger partial charge in [-0.2, -0.15) is 5.10 Å². The van der Waals surface area contributed by atoms with Crippen LogP contribution in [0.5, 0.6) is 0 Å².